The Morgan fingerprint density at radius 1 is 1.53 bits per heavy atom. The Morgan fingerprint density at radius 2 is 2.27 bits per heavy atom. The van der Waals surface area contributed by atoms with Crippen LogP contribution in [0, 0.1) is 5.92 Å². The van der Waals surface area contributed by atoms with Gasteiger partial charge in [-0.2, -0.15) is 0 Å². The fraction of sp³-hybridized carbons (Fsp3) is 0.800. The van der Waals surface area contributed by atoms with E-state index in [1.807, 2.05) is 6.92 Å². The normalized spacial score (nSPS) is 20.6. The maximum atomic E-state index is 11.6. The van der Waals surface area contributed by atoms with Crippen molar-refractivity contribution >= 4 is 11.9 Å². The van der Waals surface area contributed by atoms with Gasteiger partial charge in [-0.15, -0.1) is 0 Å². The Morgan fingerprint density at radius 3 is 2.87 bits per heavy atom. The minimum Gasteiger partial charge on any atom is -0.481 e. The summed E-state index contributed by atoms with van der Waals surface area (Å²) in [6, 6.07) is 0. The van der Waals surface area contributed by atoms with Gasteiger partial charge in [0.05, 0.1) is 6.54 Å². The van der Waals surface area contributed by atoms with Gasteiger partial charge in [-0.1, -0.05) is 6.92 Å². The summed E-state index contributed by atoms with van der Waals surface area (Å²) >= 11 is 0. The van der Waals surface area contributed by atoms with E-state index in [-0.39, 0.29) is 18.2 Å². The van der Waals surface area contributed by atoms with E-state index in [1.165, 1.54) is 0 Å². The first kappa shape index (κ1) is 12.0. The first-order valence-electron chi connectivity index (χ1n) is 5.33. The molecule has 1 rings (SSSR count). The second kappa shape index (κ2) is 5.70. The van der Waals surface area contributed by atoms with Crippen LogP contribution in [-0.4, -0.2) is 48.1 Å². The zero-order valence-electron chi connectivity index (χ0n) is 9.03. The number of likely N-dealkylation sites (N-methyl/N-ethyl adjacent to an activating group) is 1. The molecule has 0 spiro atoms. The highest BCUT2D eigenvalue weighted by molar-refractivity contribution is 5.78. The molecule has 86 valence electrons. The minimum atomic E-state index is -0.777. The van der Waals surface area contributed by atoms with Crippen LogP contribution >= 0.6 is 0 Å². The Kier molecular flexibility index (Phi) is 4.55. The van der Waals surface area contributed by atoms with Crippen molar-refractivity contribution < 1.29 is 14.7 Å². The molecule has 0 aliphatic carbocycles. The molecule has 1 saturated heterocycles. The number of amides is 1. The van der Waals surface area contributed by atoms with Crippen molar-refractivity contribution in [2.45, 2.75) is 19.8 Å². The summed E-state index contributed by atoms with van der Waals surface area (Å²) in [6.07, 6.45) is 0.981. The van der Waals surface area contributed by atoms with Crippen molar-refractivity contribution in [3.63, 3.8) is 0 Å². The molecule has 1 heterocycles. The van der Waals surface area contributed by atoms with Crippen molar-refractivity contribution in [1.29, 1.82) is 0 Å². The van der Waals surface area contributed by atoms with E-state index in [9.17, 15) is 9.59 Å². The van der Waals surface area contributed by atoms with Crippen molar-refractivity contribution in [3.8, 4) is 0 Å². The summed E-state index contributed by atoms with van der Waals surface area (Å²) in [5.74, 6) is -0.571. The van der Waals surface area contributed by atoms with Crippen molar-refractivity contribution in [3.05, 3.63) is 0 Å². The molecule has 15 heavy (non-hydrogen) atoms. The standard InChI is InChI=1S/C10H18N2O3/c1-2-11-6-9(13)12-4-3-8(7-12)5-10(14)15/h8,11H,2-7H2,1H3,(H,14,15). The van der Waals surface area contributed by atoms with Gasteiger partial charge < -0.3 is 15.3 Å². The molecule has 1 aliphatic heterocycles. The molecule has 1 atom stereocenters. The van der Waals surface area contributed by atoms with Crippen molar-refractivity contribution in [1.82, 2.24) is 10.2 Å². The average Bonchev–Trinajstić information content (AvgIpc) is 2.61. The zero-order chi connectivity index (χ0) is 11.3. The summed E-state index contributed by atoms with van der Waals surface area (Å²) in [6.45, 7) is 4.37. The first-order valence-corrected chi connectivity index (χ1v) is 5.33. The van der Waals surface area contributed by atoms with Crippen molar-refractivity contribution in [2.75, 3.05) is 26.2 Å². The third-order valence-corrected chi connectivity index (χ3v) is 2.63. The van der Waals surface area contributed by atoms with Crippen LogP contribution in [-0.2, 0) is 9.59 Å². The number of likely N-dealkylation sites (tertiary alicyclic amines) is 1. The number of nitrogens with one attached hydrogen (secondary N) is 1. The molecule has 1 aliphatic rings. The van der Waals surface area contributed by atoms with E-state index in [0.717, 1.165) is 13.0 Å². The average molecular weight is 214 g/mol. The summed E-state index contributed by atoms with van der Waals surface area (Å²) in [7, 11) is 0. The lowest BCUT2D eigenvalue weighted by molar-refractivity contribution is -0.138. The third-order valence-electron chi connectivity index (χ3n) is 2.63. The number of carbonyl (C=O) groups excluding carboxylic acids is 1. The molecule has 0 saturated carbocycles. The summed E-state index contributed by atoms with van der Waals surface area (Å²) in [4.78, 5) is 23.8. The number of rotatable bonds is 5. The predicted molar refractivity (Wildman–Crippen MR) is 55.5 cm³/mol. The van der Waals surface area contributed by atoms with Crippen LogP contribution in [0.1, 0.15) is 19.8 Å². The SMILES string of the molecule is CCNCC(=O)N1CCC(CC(=O)O)C1. The van der Waals surface area contributed by atoms with E-state index in [1.54, 1.807) is 4.90 Å². The summed E-state index contributed by atoms with van der Waals surface area (Å²) in [5.41, 5.74) is 0. The molecule has 0 aromatic rings. The van der Waals surface area contributed by atoms with Gasteiger partial charge in [0, 0.05) is 19.5 Å². The van der Waals surface area contributed by atoms with Gasteiger partial charge in [0.15, 0.2) is 0 Å². The monoisotopic (exact) mass is 214 g/mol. The van der Waals surface area contributed by atoms with Gasteiger partial charge >= 0.3 is 5.97 Å². The number of carboxylic acid groups (broad SMARTS) is 1. The maximum Gasteiger partial charge on any atom is 0.303 e. The van der Waals surface area contributed by atoms with E-state index >= 15 is 0 Å². The topological polar surface area (TPSA) is 69.6 Å². The lowest BCUT2D eigenvalue weighted by atomic mass is 10.1. The molecular weight excluding hydrogens is 196 g/mol. The van der Waals surface area contributed by atoms with Gasteiger partial charge in [0.2, 0.25) is 5.91 Å². The third kappa shape index (κ3) is 3.87. The number of carbonyl (C=O) groups is 2. The van der Waals surface area contributed by atoms with Crippen LogP contribution in [0.4, 0.5) is 0 Å². The lowest BCUT2D eigenvalue weighted by Gasteiger charge is -2.16. The zero-order valence-corrected chi connectivity index (χ0v) is 9.03. The number of hydrogen-bond acceptors (Lipinski definition) is 3. The molecule has 1 amide bonds. The molecule has 0 radical (unpaired) electrons. The van der Waals surface area contributed by atoms with Gasteiger partial charge in [-0.25, -0.2) is 0 Å². The summed E-state index contributed by atoms with van der Waals surface area (Å²) < 4.78 is 0. The van der Waals surface area contributed by atoms with Gasteiger partial charge in [0.25, 0.3) is 0 Å². The number of aliphatic carboxylic acids is 1. The highest BCUT2D eigenvalue weighted by atomic mass is 16.4. The van der Waals surface area contributed by atoms with Crippen LogP contribution in [0.3, 0.4) is 0 Å². The quantitative estimate of drug-likeness (QED) is 0.671. The first-order chi connectivity index (χ1) is 7.13. The van der Waals surface area contributed by atoms with Gasteiger partial charge in [-0.3, -0.25) is 9.59 Å². The Labute approximate surface area is 89.4 Å². The molecule has 1 unspecified atom stereocenters. The Balaban J connectivity index is 2.29. The number of carboxylic acids is 1. The maximum absolute atomic E-state index is 11.6. The van der Waals surface area contributed by atoms with Gasteiger partial charge in [-0.05, 0) is 18.9 Å². The highest BCUT2D eigenvalue weighted by Gasteiger charge is 2.27. The minimum absolute atomic E-state index is 0.0738. The number of nitrogens with zero attached hydrogens (tertiary/aromatic N) is 1. The van der Waals surface area contributed by atoms with Gasteiger partial charge in [0.1, 0.15) is 0 Å². The van der Waals surface area contributed by atoms with Crippen LogP contribution in [0.25, 0.3) is 0 Å². The molecule has 2 N–H and O–H groups in total. The molecule has 5 heteroatoms. The predicted octanol–water partition coefficient (Wildman–Crippen LogP) is -0.0809. The van der Waals surface area contributed by atoms with Crippen LogP contribution in [0.15, 0.2) is 0 Å². The molecule has 1 fully saturated rings. The molecule has 5 nitrogen and oxygen atoms in total. The fourth-order valence-electron chi connectivity index (χ4n) is 1.82. The molecule has 0 aromatic heterocycles. The Bertz CT molecular complexity index is 243. The molecule has 0 bridgehead atoms. The fourth-order valence-corrected chi connectivity index (χ4v) is 1.82. The highest BCUT2D eigenvalue weighted by Crippen LogP contribution is 2.19. The second-order valence-corrected chi connectivity index (χ2v) is 3.87. The summed E-state index contributed by atoms with van der Waals surface area (Å²) in [5, 5.41) is 11.6. The van der Waals surface area contributed by atoms with E-state index < -0.39 is 5.97 Å². The van der Waals surface area contributed by atoms with Crippen LogP contribution in [0.2, 0.25) is 0 Å². The van der Waals surface area contributed by atoms with E-state index in [0.29, 0.717) is 19.6 Å². The largest absolute Gasteiger partial charge is 0.481 e. The Hall–Kier alpha value is -1.10. The van der Waals surface area contributed by atoms with Crippen LogP contribution in [0.5, 0.6) is 0 Å². The number of hydrogen-bond donors (Lipinski definition) is 2. The van der Waals surface area contributed by atoms with E-state index in [2.05, 4.69) is 5.32 Å². The lowest BCUT2D eigenvalue weighted by Crippen LogP contribution is -2.36. The van der Waals surface area contributed by atoms with Crippen LogP contribution < -0.4 is 5.32 Å². The smallest absolute Gasteiger partial charge is 0.303 e. The van der Waals surface area contributed by atoms with Crippen molar-refractivity contribution in [2.24, 2.45) is 5.92 Å². The van der Waals surface area contributed by atoms with E-state index in [4.69, 9.17) is 5.11 Å². The second-order valence-electron chi connectivity index (χ2n) is 3.87. The molecule has 0 aromatic carbocycles. The molecular formula is C10H18N2O3.